The summed E-state index contributed by atoms with van der Waals surface area (Å²) in [5, 5.41) is 35.2. The zero-order chi connectivity index (χ0) is 67.0. The molecule has 0 bridgehead atoms. The van der Waals surface area contributed by atoms with Gasteiger partial charge in [0, 0.05) is 88.3 Å². The van der Waals surface area contributed by atoms with Gasteiger partial charge in [-0.3, -0.25) is 14.2 Å². The maximum atomic E-state index is 9.79. The number of aromatic hydroxyl groups is 1. The summed E-state index contributed by atoms with van der Waals surface area (Å²) < 4.78 is 18.4. The van der Waals surface area contributed by atoms with Gasteiger partial charge in [-0.25, -0.2) is 34.0 Å². The van der Waals surface area contributed by atoms with Crippen molar-refractivity contribution in [2.24, 2.45) is 0 Å². The second-order valence-corrected chi connectivity index (χ2v) is 26.4. The number of H-pyrrole nitrogens is 1. The van der Waals surface area contributed by atoms with Gasteiger partial charge in [-0.15, -0.1) is 0 Å². The van der Waals surface area contributed by atoms with Gasteiger partial charge in [0.1, 0.15) is 43.6 Å². The third-order valence-corrected chi connectivity index (χ3v) is 19.3. The van der Waals surface area contributed by atoms with Gasteiger partial charge in [0.2, 0.25) is 5.88 Å². The Kier molecular flexibility index (Phi) is 17.6. The highest BCUT2D eigenvalue weighted by molar-refractivity contribution is 9.13. The van der Waals surface area contributed by atoms with Gasteiger partial charge in [0.05, 0.1) is 66.7 Å². The third-order valence-electron chi connectivity index (χ3n) is 16.5. The SMILES string of the molecule is Brc1ccccc1Br.Cc1cc(-c2cccc(Br)n2)n[nH]1.Cc1cc2c3nc(Br)ccc3c3ccccc3n2n1.Cc1cc2c3nc(Oc4ccc5c6ccccc6n(-c6ccccn6)c5c4)ccc3c3ccccc3n2n1.Oc1ccc2c3ccccc3n(-c3ccccn3)c2c1. The lowest BCUT2D eigenvalue weighted by atomic mass is 10.1. The molecular weight excluding hydrogens is 1480 g/mol. The van der Waals surface area contributed by atoms with Crippen molar-refractivity contribution >= 4 is 162 Å². The van der Waals surface area contributed by atoms with Gasteiger partial charge in [0.15, 0.2) is 0 Å². The Labute approximate surface area is 594 Å². The van der Waals surface area contributed by atoms with E-state index < -0.39 is 0 Å². The summed E-state index contributed by atoms with van der Waals surface area (Å²) in [6, 6.07) is 84.5. The second kappa shape index (κ2) is 27.3. The molecular formula is C79H55Br4N13O2. The van der Waals surface area contributed by atoms with Crippen LogP contribution in [0, 0.1) is 20.8 Å². The number of nitrogens with one attached hydrogen (secondary N) is 1. The molecule has 0 unspecified atom stereocenters. The molecule has 98 heavy (non-hydrogen) atoms. The summed E-state index contributed by atoms with van der Waals surface area (Å²) in [4.78, 5) is 22.9. The molecule has 0 fully saturated rings. The number of halogens is 4. The van der Waals surface area contributed by atoms with Crippen LogP contribution >= 0.6 is 63.7 Å². The van der Waals surface area contributed by atoms with Crippen LogP contribution in [0.5, 0.6) is 17.4 Å². The number of ether oxygens (including phenoxy) is 1. The molecule has 0 saturated carbocycles. The molecule has 12 aromatic heterocycles. The Morgan fingerprint density at radius 2 is 0.837 bits per heavy atom. The smallest absolute Gasteiger partial charge is 0.219 e. The molecule has 0 amide bonds. The van der Waals surface area contributed by atoms with Crippen LogP contribution in [0.3, 0.4) is 0 Å². The number of rotatable bonds is 5. The van der Waals surface area contributed by atoms with E-state index in [9.17, 15) is 5.11 Å². The van der Waals surface area contributed by atoms with Crippen molar-refractivity contribution in [2.45, 2.75) is 20.8 Å². The van der Waals surface area contributed by atoms with E-state index >= 15 is 0 Å². The molecule has 0 radical (unpaired) electrons. The fourth-order valence-electron chi connectivity index (χ4n) is 12.3. The topological polar surface area (TPSA) is 167 Å². The van der Waals surface area contributed by atoms with Crippen LogP contribution in [-0.2, 0) is 0 Å². The van der Waals surface area contributed by atoms with Crippen molar-refractivity contribution in [3.63, 3.8) is 0 Å². The number of phenols is 1. The van der Waals surface area contributed by atoms with Crippen molar-refractivity contribution in [3.05, 3.63) is 302 Å². The molecule has 2 N–H and O–H groups in total. The minimum absolute atomic E-state index is 0.262. The maximum absolute atomic E-state index is 9.79. The predicted molar refractivity (Wildman–Crippen MR) is 408 cm³/mol. The lowest BCUT2D eigenvalue weighted by molar-refractivity contribution is 0.466. The Bertz CT molecular complexity index is 6170. The molecule has 476 valence electrons. The zero-order valence-corrected chi connectivity index (χ0v) is 59.0. The molecule has 0 aliphatic heterocycles. The number of pyridine rings is 7. The number of hydrogen-bond donors (Lipinski definition) is 2. The first-order valence-electron chi connectivity index (χ1n) is 31.2. The lowest BCUT2D eigenvalue weighted by Crippen LogP contribution is -1.97. The van der Waals surface area contributed by atoms with E-state index in [1.54, 1.807) is 18.3 Å². The number of hydrogen-bond acceptors (Lipinski definition) is 10. The molecule has 0 aliphatic rings. The first-order valence-corrected chi connectivity index (χ1v) is 34.4. The van der Waals surface area contributed by atoms with E-state index in [1.807, 2.05) is 182 Å². The summed E-state index contributed by atoms with van der Waals surface area (Å²) in [7, 11) is 0. The van der Waals surface area contributed by atoms with Gasteiger partial charge in [-0.1, -0.05) is 103 Å². The number of aromatic amines is 1. The third kappa shape index (κ3) is 12.5. The fraction of sp³-hybridized carbons (Fsp3) is 0.0380. The largest absolute Gasteiger partial charge is 0.508 e. The van der Waals surface area contributed by atoms with Crippen LogP contribution in [0.4, 0.5) is 0 Å². The van der Waals surface area contributed by atoms with Crippen molar-refractivity contribution in [1.29, 1.82) is 0 Å². The minimum atomic E-state index is 0.262. The second-order valence-electron chi connectivity index (χ2n) is 23.0. The Morgan fingerprint density at radius 1 is 0.367 bits per heavy atom. The van der Waals surface area contributed by atoms with Gasteiger partial charge >= 0.3 is 0 Å². The highest BCUT2D eigenvalue weighted by Gasteiger charge is 2.18. The molecule has 19 aromatic rings. The predicted octanol–water partition coefficient (Wildman–Crippen LogP) is 21.4. The van der Waals surface area contributed by atoms with E-state index in [1.165, 1.54) is 10.8 Å². The Morgan fingerprint density at radius 3 is 1.37 bits per heavy atom. The number of aryl methyl sites for hydroxylation is 3. The number of para-hydroxylation sites is 4. The number of phenolic OH excluding ortho intramolecular Hbond substituents is 1. The van der Waals surface area contributed by atoms with Crippen molar-refractivity contribution < 1.29 is 9.84 Å². The van der Waals surface area contributed by atoms with Crippen LogP contribution in [0.15, 0.2) is 285 Å². The van der Waals surface area contributed by atoms with E-state index in [-0.39, 0.29) is 5.75 Å². The monoisotopic (exact) mass is 1530 g/mol. The average Bonchev–Trinajstić information content (AvgIpc) is 0.938. The molecule has 19 rings (SSSR count). The van der Waals surface area contributed by atoms with Crippen LogP contribution < -0.4 is 4.74 Å². The molecule has 0 aliphatic carbocycles. The Balaban J connectivity index is 0.000000110. The van der Waals surface area contributed by atoms with Crippen molar-refractivity contribution in [1.82, 2.24) is 63.5 Å². The van der Waals surface area contributed by atoms with E-state index in [2.05, 4.69) is 205 Å². The van der Waals surface area contributed by atoms with E-state index in [0.717, 1.165) is 146 Å². The summed E-state index contributed by atoms with van der Waals surface area (Å²) >= 11 is 13.5. The molecule has 15 nitrogen and oxygen atoms in total. The molecule has 7 aromatic carbocycles. The quantitative estimate of drug-likeness (QED) is 0.125. The summed E-state index contributed by atoms with van der Waals surface area (Å²) in [5.41, 5.74) is 15.0. The van der Waals surface area contributed by atoms with Crippen LogP contribution in [0.25, 0.3) is 121 Å². The van der Waals surface area contributed by atoms with Crippen molar-refractivity contribution in [3.8, 4) is 40.4 Å². The molecule has 0 spiro atoms. The zero-order valence-electron chi connectivity index (χ0n) is 52.6. The highest BCUT2D eigenvalue weighted by atomic mass is 79.9. The first-order chi connectivity index (χ1) is 47.9. The van der Waals surface area contributed by atoms with Gasteiger partial charge in [-0.05, 0) is 218 Å². The van der Waals surface area contributed by atoms with Gasteiger partial charge in [-0.2, -0.15) is 15.3 Å². The fourth-order valence-corrected chi connectivity index (χ4v) is 13.6. The molecule has 0 atom stereocenters. The van der Waals surface area contributed by atoms with Crippen LogP contribution in [-0.4, -0.2) is 68.6 Å². The normalized spacial score (nSPS) is 11.3. The number of aromatic nitrogens is 13. The van der Waals surface area contributed by atoms with E-state index in [4.69, 9.17) is 14.8 Å². The number of nitrogens with zero attached hydrogens (tertiary/aromatic N) is 12. The van der Waals surface area contributed by atoms with Crippen molar-refractivity contribution in [2.75, 3.05) is 0 Å². The number of benzene rings is 7. The van der Waals surface area contributed by atoms with Crippen LogP contribution in [0.1, 0.15) is 17.1 Å². The average molecular weight is 1540 g/mol. The molecule has 12 heterocycles. The van der Waals surface area contributed by atoms with Gasteiger partial charge < -0.3 is 9.84 Å². The number of fused-ring (bicyclic) bond motifs is 18. The first kappa shape index (κ1) is 63.1. The standard InChI is InChI=1S/C32H21N5O.C17H12N2O.C15H10BrN3.C9H8BrN3.C6H4Br2/c1-20-18-29-32-25(23-9-3-5-11-27(23)37(29)35-20)15-16-31(34-32)38-21-13-14-24-22-8-2-4-10-26(22)36(28(24)19-21)30-12-6-7-17-33-30;20-12-8-9-14-13-5-1-2-6-15(13)19(16(14)11-12)17-7-3-4-10-18-17;1-9-8-13-15-11(6-7-14(16)17-15)10-4-2-3-5-12(10)19(13)18-9;1-6-5-8(13-12-6)7-3-2-4-9(10)11-7;7-5-3-1-2-4-6(5)8/h2-19H,1H3;1-11,20H;2-8H,1H3;2-5H,1H3,(H,12,13);1-4H. The molecule has 19 heteroatoms. The lowest BCUT2D eigenvalue weighted by Gasteiger charge is -2.11. The van der Waals surface area contributed by atoms with E-state index in [0.29, 0.717) is 11.6 Å². The minimum Gasteiger partial charge on any atom is -0.508 e. The Hall–Kier alpha value is -11.0. The van der Waals surface area contributed by atoms with Gasteiger partial charge in [0.25, 0.3) is 0 Å². The highest BCUT2D eigenvalue weighted by Crippen LogP contribution is 2.38. The summed E-state index contributed by atoms with van der Waals surface area (Å²) in [6.07, 6.45) is 3.59. The van der Waals surface area contributed by atoms with Crippen LogP contribution in [0.2, 0.25) is 0 Å². The summed E-state index contributed by atoms with van der Waals surface area (Å²) in [6.45, 7) is 5.98. The summed E-state index contributed by atoms with van der Waals surface area (Å²) in [5.74, 6) is 3.23. The molecule has 0 saturated heterocycles. The maximum Gasteiger partial charge on any atom is 0.219 e.